The lowest BCUT2D eigenvalue weighted by Crippen LogP contribution is -2.37. The first-order valence-electron chi connectivity index (χ1n) is 5.40. The standard InChI is InChI=1S/C9H17NO3S.C3H4O2/c1-4-6-9(8-14(11,12)13)10(3)7-5-2;1-2-3(4)5/h4-5,9H,1-2,6-8H2,3H3,(H,11,12,13);2H,1H2,(H,4,5). The van der Waals surface area contributed by atoms with Crippen LogP contribution >= 0.6 is 0 Å². The van der Waals surface area contributed by atoms with Crippen molar-refractivity contribution >= 4 is 16.1 Å². The van der Waals surface area contributed by atoms with E-state index in [2.05, 4.69) is 19.7 Å². The van der Waals surface area contributed by atoms with Gasteiger partial charge in [-0.2, -0.15) is 8.42 Å². The molecule has 0 aliphatic heterocycles. The normalized spacial score (nSPS) is 11.9. The Morgan fingerprint density at radius 2 is 1.79 bits per heavy atom. The zero-order valence-corrected chi connectivity index (χ0v) is 11.8. The highest BCUT2D eigenvalue weighted by Crippen LogP contribution is 2.05. The second-order valence-corrected chi connectivity index (χ2v) is 5.19. The minimum Gasteiger partial charge on any atom is -0.478 e. The highest BCUT2D eigenvalue weighted by molar-refractivity contribution is 7.85. The number of carboxylic acids is 1. The van der Waals surface area contributed by atoms with Crippen LogP contribution in [0.15, 0.2) is 38.0 Å². The molecule has 19 heavy (non-hydrogen) atoms. The van der Waals surface area contributed by atoms with E-state index < -0.39 is 16.1 Å². The molecule has 0 spiro atoms. The predicted octanol–water partition coefficient (Wildman–Crippen LogP) is 1.19. The summed E-state index contributed by atoms with van der Waals surface area (Å²) in [6.45, 7) is 10.6. The van der Waals surface area contributed by atoms with E-state index in [1.165, 1.54) is 0 Å². The fourth-order valence-corrected chi connectivity index (χ4v) is 2.04. The van der Waals surface area contributed by atoms with Crippen molar-refractivity contribution < 1.29 is 22.9 Å². The van der Waals surface area contributed by atoms with Crippen LogP contribution in [0.1, 0.15) is 6.42 Å². The van der Waals surface area contributed by atoms with Gasteiger partial charge < -0.3 is 5.11 Å². The zero-order chi connectivity index (χ0) is 15.5. The van der Waals surface area contributed by atoms with Crippen molar-refractivity contribution in [3.05, 3.63) is 38.0 Å². The molecule has 0 aliphatic carbocycles. The van der Waals surface area contributed by atoms with Crippen molar-refractivity contribution in [2.75, 3.05) is 19.3 Å². The quantitative estimate of drug-likeness (QED) is 0.396. The van der Waals surface area contributed by atoms with Crippen LogP contribution in [0.25, 0.3) is 0 Å². The summed E-state index contributed by atoms with van der Waals surface area (Å²) in [4.78, 5) is 11.1. The molecule has 0 aromatic heterocycles. The zero-order valence-electron chi connectivity index (χ0n) is 11.0. The molecular formula is C12H21NO5S. The van der Waals surface area contributed by atoms with Crippen molar-refractivity contribution in [1.82, 2.24) is 4.90 Å². The number of carbonyl (C=O) groups is 1. The van der Waals surface area contributed by atoms with Gasteiger partial charge in [-0.05, 0) is 13.5 Å². The number of nitrogens with zero attached hydrogens (tertiary/aromatic N) is 1. The summed E-state index contributed by atoms with van der Waals surface area (Å²) in [6, 6.07) is -0.250. The molecule has 1 unspecified atom stereocenters. The fourth-order valence-electron chi connectivity index (χ4n) is 1.16. The van der Waals surface area contributed by atoms with Gasteiger partial charge in [0.2, 0.25) is 0 Å². The Hall–Kier alpha value is -1.44. The summed E-state index contributed by atoms with van der Waals surface area (Å²) in [6.07, 6.45) is 4.67. The third-order valence-corrected chi connectivity index (χ3v) is 2.86. The molecule has 0 saturated carbocycles. The van der Waals surface area contributed by atoms with Gasteiger partial charge in [0, 0.05) is 18.7 Å². The molecule has 0 bridgehead atoms. The minimum atomic E-state index is -3.93. The van der Waals surface area contributed by atoms with Gasteiger partial charge in [0.1, 0.15) is 0 Å². The first-order chi connectivity index (χ1) is 8.67. The monoisotopic (exact) mass is 291 g/mol. The maximum Gasteiger partial charge on any atom is 0.327 e. The maximum atomic E-state index is 10.7. The average Bonchev–Trinajstić information content (AvgIpc) is 2.28. The molecule has 0 aromatic rings. The summed E-state index contributed by atoms with van der Waals surface area (Å²) in [5.41, 5.74) is 0. The summed E-state index contributed by atoms with van der Waals surface area (Å²) in [5, 5.41) is 7.60. The largest absolute Gasteiger partial charge is 0.478 e. The lowest BCUT2D eigenvalue weighted by atomic mass is 10.2. The molecule has 0 aliphatic rings. The Morgan fingerprint density at radius 3 is 2.05 bits per heavy atom. The second-order valence-electron chi connectivity index (χ2n) is 3.70. The van der Waals surface area contributed by atoms with E-state index in [1.54, 1.807) is 19.2 Å². The molecule has 0 aromatic carbocycles. The van der Waals surface area contributed by atoms with Crippen LogP contribution in [0, 0.1) is 0 Å². The van der Waals surface area contributed by atoms with Crippen molar-refractivity contribution in [2.45, 2.75) is 12.5 Å². The van der Waals surface area contributed by atoms with Gasteiger partial charge in [-0.1, -0.05) is 18.7 Å². The number of hydrogen-bond acceptors (Lipinski definition) is 4. The van der Waals surface area contributed by atoms with Crippen molar-refractivity contribution in [3.8, 4) is 0 Å². The molecular weight excluding hydrogens is 270 g/mol. The van der Waals surface area contributed by atoms with E-state index in [0.29, 0.717) is 13.0 Å². The van der Waals surface area contributed by atoms with Gasteiger partial charge in [0.25, 0.3) is 10.1 Å². The molecule has 0 saturated heterocycles. The van der Waals surface area contributed by atoms with Crippen molar-refractivity contribution in [2.24, 2.45) is 0 Å². The van der Waals surface area contributed by atoms with Crippen LogP contribution < -0.4 is 0 Å². The highest BCUT2D eigenvalue weighted by atomic mass is 32.2. The Labute approximate surface area is 114 Å². The first kappa shape index (κ1) is 19.9. The Balaban J connectivity index is 0. The predicted molar refractivity (Wildman–Crippen MR) is 75.7 cm³/mol. The Bertz CT molecular complexity index is 402. The molecule has 1 atom stereocenters. The van der Waals surface area contributed by atoms with Gasteiger partial charge in [-0.15, -0.1) is 13.2 Å². The van der Waals surface area contributed by atoms with Crippen LogP contribution in [0.4, 0.5) is 0 Å². The topological polar surface area (TPSA) is 94.9 Å². The second kappa shape index (κ2) is 10.5. The molecule has 110 valence electrons. The maximum absolute atomic E-state index is 10.7. The minimum absolute atomic E-state index is 0.250. The van der Waals surface area contributed by atoms with Gasteiger partial charge in [0.15, 0.2) is 0 Å². The smallest absolute Gasteiger partial charge is 0.327 e. The van der Waals surface area contributed by atoms with Crippen LogP contribution in [0.2, 0.25) is 0 Å². The van der Waals surface area contributed by atoms with Crippen LogP contribution in [-0.2, 0) is 14.9 Å². The molecule has 2 N–H and O–H groups in total. The van der Waals surface area contributed by atoms with E-state index in [9.17, 15) is 13.2 Å². The van der Waals surface area contributed by atoms with Gasteiger partial charge in [-0.3, -0.25) is 9.45 Å². The van der Waals surface area contributed by atoms with Crippen LogP contribution in [0.5, 0.6) is 0 Å². The summed E-state index contributed by atoms with van der Waals surface area (Å²) < 4.78 is 30.1. The molecule has 0 amide bonds. The van der Waals surface area contributed by atoms with Gasteiger partial charge in [0.05, 0.1) is 5.75 Å². The van der Waals surface area contributed by atoms with Crippen LogP contribution in [0.3, 0.4) is 0 Å². The lowest BCUT2D eigenvalue weighted by molar-refractivity contribution is -0.131. The van der Waals surface area contributed by atoms with Crippen LogP contribution in [-0.4, -0.2) is 54.3 Å². The summed E-state index contributed by atoms with van der Waals surface area (Å²) in [7, 11) is -2.15. The molecule has 7 heteroatoms. The molecule has 0 fully saturated rings. The lowest BCUT2D eigenvalue weighted by Gasteiger charge is -2.24. The SMILES string of the molecule is C=CC(=O)O.C=CCC(CS(=O)(=O)O)N(C)CC=C. The number of likely N-dealkylation sites (N-methyl/N-ethyl adjacent to an activating group) is 1. The van der Waals surface area contributed by atoms with E-state index in [4.69, 9.17) is 9.66 Å². The molecule has 0 heterocycles. The van der Waals surface area contributed by atoms with Gasteiger partial charge >= 0.3 is 5.97 Å². The van der Waals surface area contributed by atoms with E-state index in [0.717, 1.165) is 6.08 Å². The van der Waals surface area contributed by atoms with E-state index in [-0.39, 0.29) is 11.8 Å². The summed E-state index contributed by atoms with van der Waals surface area (Å²) >= 11 is 0. The molecule has 0 rings (SSSR count). The van der Waals surface area contributed by atoms with Crippen molar-refractivity contribution in [1.29, 1.82) is 0 Å². The van der Waals surface area contributed by atoms with Gasteiger partial charge in [-0.25, -0.2) is 4.79 Å². The fraction of sp³-hybridized carbons (Fsp3) is 0.417. The number of rotatable bonds is 8. The number of aliphatic carboxylic acids is 1. The third-order valence-electron chi connectivity index (χ3n) is 2.06. The third kappa shape index (κ3) is 14.5. The molecule has 6 nitrogen and oxygen atoms in total. The molecule has 0 radical (unpaired) electrons. The average molecular weight is 291 g/mol. The first-order valence-corrected chi connectivity index (χ1v) is 7.01. The number of hydrogen-bond donors (Lipinski definition) is 2. The van der Waals surface area contributed by atoms with E-state index >= 15 is 0 Å². The van der Waals surface area contributed by atoms with Crippen molar-refractivity contribution in [3.63, 3.8) is 0 Å². The Morgan fingerprint density at radius 1 is 1.32 bits per heavy atom. The number of carboxylic acid groups (broad SMARTS) is 1. The summed E-state index contributed by atoms with van der Waals surface area (Å²) in [5.74, 6) is -1.26. The van der Waals surface area contributed by atoms with E-state index in [1.807, 2.05) is 4.90 Å². The Kier molecular flexibility index (Phi) is 11.0. The highest BCUT2D eigenvalue weighted by Gasteiger charge is 2.18.